The molecular weight excluding hydrogens is 333 g/mol. The summed E-state index contributed by atoms with van der Waals surface area (Å²) >= 11 is 0. The molecule has 0 fully saturated rings. The third kappa shape index (κ3) is 4.03. The minimum Gasteiger partial charge on any atom is -0.324 e. The van der Waals surface area contributed by atoms with Crippen LogP contribution in [0.1, 0.15) is 11.1 Å². The van der Waals surface area contributed by atoms with E-state index in [1.54, 1.807) is 12.1 Å². The monoisotopic (exact) mass is 351 g/mol. The second-order valence-corrected chi connectivity index (χ2v) is 6.11. The lowest BCUT2D eigenvalue weighted by molar-refractivity contribution is -0.116. The molecule has 132 valence electrons. The number of nitrogens with zero attached hydrogens (tertiary/aromatic N) is 2. The average molecular weight is 351 g/mol. The molecule has 2 aromatic carbocycles. The summed E-state index contributed by atoms with van der Waals surface area (Å²) in [5.41, 5.74) is 3.42. The van der Waals surface area contributed by atoms with Gasteiger partial charge in [-0.2, -0.15) is 0 Å². The molecule has 1 N–H and O–H groups in total. The van der Waals surface area contributed by atoms with E-state index in [0.717, 1.165) is 16.8 Å². The Kier molecular flexibility index (Phi) is 4.93. The minimum absolute atomic E-state index is 0.136. The van der Waals surface area contributed by atoms with E-state index in [2.05, 4.69) is 10.3 Å². The molecule has 0 spiro atoms. The normalized spacial score (nSPS) is 10.6. The Morgan fingerprint density at radius 3 is 2.54 bits per heavy atom. The summed E-state index contributed by atoms with van der Waals surface area (Å²) in [6.45, 7) is 3.71. The number of carbonyl (C=O) groups is 1. The molecule has 26 heavy (non-hydrogen) atoms. The van der Waals surface area contributed by atoms with Crippen LogP contribution in [0.4, 0.5) is 10.1 Å². The lowest BCUT2D eigenvalue weighted by Gasteiger charge is -2.10. The van der Waals surface area contributed by atoms with Crippen LogP contribution in [-0.4, -0.2) is 15.5 Å². The first-order valence-corrected chi connectivity index (χ1v) is 8.12. The highest BCUT2D eigenvalue weighted by Gasteiger charge is 2.09. The summed E-state index contributed by atoms with van der Waals surface area (Å²) in [4.78, 5) is 28.7. The molecular formula is C20H18FN3O2. The number of carbonyl (C=O) groups excluding carboxylic acids is 1. The Bertz CT molecular complexity index is 1010. The van der Waals surface area contributed by atoms with Crippen molar-refractivity contribution in [3.63, 3.8) is 0 Å². The first-order chi connectivity index (χ1) is 12.4. The number of nitrogens with one attached hydrogen (secondary N) is 1. The number of aryl methyl sites for hydroxylation is 2. The molecule has 0 saturated heterocycles. The van der Waals surface area contributed by atoms with Gasteiger partial charge in [0.25, 0.3) is 5.56 Å². The highest BCUT2D eigenvalue weighted by atomic mass is 19.1. The predicted octanol–water partition coefficient (Wildman–Crippen LogP) is 3.30. The van der Waals surface area contributed by atoms with Gasteiger partial charge >= 0.3 is 0 Å². The van der Waals surface area contributed by atoms with Gasteiger partial charge in [0.15, 0.2) is 0 Å². The smallest absolute Gasteiger partial charge is 0.254 e. The fraction of sp³-hybridized carbons (Fsp3) is 0.150. The van der Waals surface area contributed by atoms with Gasteiger partial charge in [0.05, 0.1) is 12.0 Å². The van der Waals surface area contributed by atoms with E-state index in [9.17, 15) is 14.0 Å². The number of aromatic nitrogens is 2. The Hall–Kier alpha value is -3.28. The van der Waals surface area contributed by atoms with Crippen LogP contribution in [0, 0.1) is 19.7 Å². The van der Waals surface area contributed by atoms with Gasteiger partial charge in [-0.05, 0) is 55.3 Å². The number of hydrogen-bond donors (Lipinski definition) is 1. The molecule has 0 radical (unpaired) electrons. The van der Waals surface area contributed by atoms with E-state index in [4.69, 9.17) is 0 Å². The van der Waals surface area contributed by atoms with Gasteiger partial charge in [0.1, 0.15) is 12.4 Å². The van der Waals surface area contributed by atoms with Gasteiger partial charge in [-0.25, -0.2) is 9.37 Å². The number of hydrogen-bond acceptors (Lipinski definition) is 3. The van der Waals surface area contributed by atoms with Crippen molar-refractivity contribution in [2.75, 3.05) is 5.32 Å². The second kappa shape index (κ2) is 7.31. The number of benzene rings is 2. The number of amides is 1. The fourth-order valence-corrected chi connectivity index (χ4v) is 2.54. The molecule has 3 aromatic rings. The molecule has 0 saturated carbocycles. The van der Waals surface area contributed by atoms with Crippen molar-refractivity contribution in [2.45, 2.75) is 20.4 Å². The van der Waals surface area contributed by atoms with Crippen molar-refractivity contribution < 1.29 is 9.18 Å². The van der Waals surface area contributed by atoms with Crippen LogP contribution in [-0.2, 0) is 11.3 Å². The van der Waals surface area contributed by atoms with Gasteiger partial charge in [-0.1, -0.05) is 12.1 Å². The summed E-state index contributed by atoms with van der Waals surface area (Å²) < 4.78 is 14.2. The van der Waals surface area contributed by atoms with Gasteiger partial charge in [0.2, 0.25) is 5.91 Å². The Morgan fingerprint density at radius 1 is 1.12 bits per heavy atom. The highest BCUT2D eigenvalue weighted by Crippen LogP contribution is 2.17. The maximum absolute atomic E-state index is 13.0. The molecule has 0 unspecified atom stereocenters. The summed E-state index contributed by atoms with van der Waals surface area (Å²) in [5.74, 6) is -0.665. The molecule has 0 atom stereocenters. The van der Waals surface area contributed by atoms with Gasteiger partial charge in [0, 0.05) is 17.3 Å². The molecule has 1 aromatic heterocycles. The zero-order chi connectivity index (χ0) is 18.7. The summed E-state index contributed by atoms with van der Waals surface area (Å²) in [5, 5.41) is 2.81. The maximum Gasteiger partial charge on any atom is 0.254 e. The van der Waals surface area contributed by atoms with Crippen LogP contribution in [0.15, 0.2) is 59.7 Å². The molecule has 0 aliphatic heterocycles. The van der Waals surface area contributed by atoms with Crippen LogP contribution in [0.5, 0.6) is 0 Å². The predicted molar refractivity (Wildman–Crippen MR) is 98.4 cm³/mol. The SMILES string of the molecule is Cc1ccc(C)c(NC(=O)Cn2cnc(-c3ccc(F)cc3)cc2=O)c1. The first kappa shape index (κ1) is 17.5. The van der Waals surface area contributed by atoms with Crippen LogP contribution < -0.4 is 10.9 Å². The summed E-state index contributed by atoms with van der Waals surface area (Å²) in [7, 11) is 0. The van der Waals surface area contributed by atoms with Crippen LogP contribution in [0.3, 0.4) is 0 Å². The maximum atomic E-state index is 13.0. The quantitative estimate of drug-likeness (QED) is 0.784. The lowest BCUT2D eigenvalue weighted by atomic mass is 10.1. The molecule has 5 nitrogen and oxygen atoms in total. The fourth-order valence-electron chi connectivity index (χ4n) is 2.54. The molecule has 3 rings (SSSR count). The van der Waals surface area contributed by atoms with Crippen molar-refractivity contribution in [1.29, 1.82) is 0 Å². The third-order valence-corrected chi connectivity index (χ3v) is 4.00. The van der Waals surface area contributed by atoms with E-state index in [0.29, 0.717) is 11.3 Å². The second-order valence-electron chi connectivity index (χ2n) is 6.11. The van der Waals surface area contributed by atoms with Gasteiger partial charge < -0.3 is 5.32 Å². The zero-order valence-electron chi connectivity index (χ0n) is 14.5. The molecule has 0 aliphatic carbocycles. The number of halogens is 1. The van der Waals surface area contributed by atoms with E-state index in [-0.39, 0.29) is 23.8 Å². The van der Waals surface area contributed by atoms with E-state index in [1.165, 1.54) is 29.1 Å². The Morgan fingerprint density at radius 2 is 1.85 bits per heavy atom. The topological polar surface area (TPSA) is 64.0 Å². The zero-order valence-corrected chi connectivity index (χ0v) is 14.5. The number of anilines is 1. The minimum atomic E-state index is -0.356. The lowest BCUT2D eigenvalue weighted by Crippen LogP contribution is -2.27. The van der Waals surface area contributed by atoms with Crippen molar-refractivity contribution >= 4 is 11.6 Å². The third-order valence-electron chi connectivity index (χ3n) is 4.00. The Labute approximate surface area is 150 Å². The highest BCUT2D eigenvalue weighted by molar-refractivity contribution is 5.91. The molecule has 0 bridgehead atoms. The van der Waals surface area contributed by atoms with Crippen molar-refractivity contribution in [1.82, 2.24) is 9.55 Å². The molecule has 6 heteroatoms. The van der Waals surface area contributed by atoms with Gasteiger partial charge in [-0.3, -0.25) is 14.2 Å². The van der Waals surface area contributed by atoms with E-state index < -0.39 is 0 Å². The Balaban J connectivity index is 1.75. The van der Waals surface area contributed by atoms with E-state index in [1.807, 2.05) is 32.0 Å². The van der Waals surface area contributed by atoms with Crippen molar-refractivity contribution in [2.24, 2.45) is 0 Å². The van der Waals surface area contributed by atoms with E-state index >= 15 is 0 Å². The summed E-state index contributed by atoms with van der Waals surface area (Å²) in [6, 6.07) is 12.8. The standard InChI is InChI=1S/C20H18FN3O2/c1-13-3-4-14(2)17(9-13)23-19(25)11-24-12-22-18(10-20(24)26)15-5-7-16(21)8-6-15/h3-10,12H,11H2,1-2H3,(H,23,25). The van der Waals surface area contributed by atoms with Crippen molar-refractivity contribution in [3.8, 4) is 11.3 Å². The average Bonchev–Trinajstić information content (AvgIpc) is 2.60. The van der Waals surface area contributed by atoms with Crippen LogP contribution in [0.2, 0.25) is 0 Å². The molecule has 1 amide bonds. The largest absolute Gasteiger partial charge is 0.324 e. The number of rotatable bonds is 4. The summed E-state index contributed by atoms with van der Waals surface area (Å²) in [6.07, 6.45) is 1.32. The van der Waals surface area contributed by atoms with Gasteiger partial charge in [-0.15, -0.1) is 0 Å². The van der Waals surface area contributed by atoms with Crippen molar-refractivity contribution in [3.05, 3.63) is 82.2 Å². The van der Waals surface area contributed by atoms with Crippen LogP contribution >= 0.6 is 0 Å². The molecule has 1 heterocycles. The molecule has 0 aliphatic rings. The van der Waals surface area contributed by atoms with Crippen LogP contribution in [0.25, 0.3) is 11.3 Å². The first-order valence-electron chi connectivity index (χ1n) is 8.12.